The Bertz CT molecular complexity index is 371. The molecule has 1 aliphatic rings. The molecular formula is C15H22O2. The number of rotatable bonds is 4. The molecule has 0 bridgehead atoms. The third-order valence-electron chi connectivity index (χ3n) is 3.95. The summed E-state index contributed by atoms with van der Waals surface area (Å²) in [7, 11) is 0. The minimum absolute atomic E-state index is 0.00669. The lowest BCUT2D eigenvalue weighted by Crippen LogP contribution is -2.20. The largest absolute Gasteiger partial charge is 0.444 e. The van der Waals surface area contributed by atoms with E-state index in [1.54, 1.807) is 0 Å². The van der Waals surface area contributed by atoms with Crippen molar-refractivity contribution >= 4 is 5.97 Å². The van der Waals surface area contributed by atoms with Crippen molar-refractivity contribution < 1.29 is 9.53 Å². The topological polar surface area (TPSA) is 26.3 Å². The van der Waals surface area contributed by atoms with Crippen LogP contribution in [0.4, 0.5) is 0 Å². The zero-order valence-corrected chi connectivity index (χ0v) is 11.4. The lowest BCUT2D eigenvalue weighted by atomic mass is 10.1. The van der Waals surface area contributed by atoms with Crippen LogP contribution in [0, 0.1) is 29.6 Å². The van der Waals surface area contributed by atoms with Gasteiger partial charge in [-0.3, -0.25) is 4.79 Å². The van der Waals surface area contributed by atoms with Gasteiger partial charge >= 0.3 is 5.97 Å². The molecule has 1 rings (SSSR count). The van der Waals surface area contributed by atoms with Gasteiger partial charge in [-0.1, -0.05) is 39.7 Å². The Morgan fingerprint density at radius 3 is 2.47 bits per heavy atom. The van der Waals surface area contributed by atoms with Crippen molar-refractivity contribution in [3.63, 3.8) is 0 Å². The van der Waals surface area contributed by atoms with Gasteiger partial charge in [0.2, 0.25) is 0 Å². The molecule has 94 valence electrons. The summed E-state index contributed by atoms with van der Waals surface area (Å²) >= 11 is 0. The molecule has 1 fully saturated rings. The van der Waals surface area contributed by atoms with Crippen molar-refractivity contribution in [2.45, 2.75) is 47.1 Å². The second-order valence-corrected chi connectivity index (χ2v) is 5.43. The van der Waals surface area contributed by atoms with Crippen LogP contribution in [0.15, 0.2) is 11.6 Å². The number of terminal acetylenes is 1. The van der Waals surface area contributed by atoms with Crippen LogP contribution < -0.4 is 0 Å². The molecule has 1 saturated carbocycles. The molecule has 2 heteroatoms. The Kier molecular flexibility index (Phi) is 4.03. The highest BCUT2D eigenvalue weighted by atomic mass is 16.5. The van der Waals surface area contributed by atoms with E-state index in [2.05, 4.69) is 26.7 Å². The number of carbonyl (C=O) groups is 1. The van der Waals surface area contributed by atoms with Crippen LogP contribution in [0.1, 0.15) is 41.0 Å². The van der Waals surface area contributed by atoms with Gasteiger partial charge in [0.05, 0.1) is 5.92 Å². The van der Waals surface area contributed by atoms with Crippen LogP contribution in [0.25, 0.3) is 0 Å². The molecule has 1 aliphatic carbocycles. The van der Waals surface area contributed by atoms with E-state index in [1.807, 2.05) is 19.9 Å². The van der Waals surface area contributed by atoms with E-state index in [0.717, 1.165) is 12.0 Å². The van der Waals surface area contributed by atoms with Gasteiger partial charge in [-0.25, -0.2) is 0 Å². The number of allylic oxidation sites excluding steroid dienone is 1. The average Bonchev–Trinajstić information content (AvgIpc) is 2.74. The Labute approximate surface area is 104 Å². The minimum atomic E-state index is -0.508. The molecule has 3 atom stereocenters. The number of carbonyl (C=O) groups excluding carboxylic acids is 1. The number of hydrogen-bond donors (Lipinski definition) is 0. The smallest absolute Gasteiger partial charge is 0.311 e. The highest BCUT2D eigenvalue weighted by Gasteiger charge is 2.60. The molecule has 0 heterocycles. The van der Waals surface area contributed by atoms with E-state index < -0.39 is 6.10 Å². The predicted octanol–water partition coefficient (Wildman–Crippen LogP) is 3.18. The first kappa shape index (κ1) is 13.8. The maximum absolute atomic E-state index is 12.0. The zero-order valence-electron chi connectivity index (χ0n) is 11.4. The van der Waals surface area contributed by atoms with Crippen molar-refractivity contribution in [2.24, 2.45) is 17.3 Å². The summed E-state index contributed by atoms with van der Waals surface area (Å²) in [5.74, 6) is 2.74. The van der Waals surface area contributed by atoms with Gasteiger partial charge in [0.1, 0.15) is 0 Å². The van der Waals surface area contributed by atoms with Gasteiger partial charge in [-0.15, -0.1) is 6.42 Å². The normalized spacial score (nSPS) is 28.1. The Hall–Kier alpha value is -1.23. The van der Waals surface area contributed by atoms with E-state index in [9.17, 15) is 4.79 Å². The van der Waals surface area contributed by atoms with E-state index >= 15 is 0 Å². The van der Waals surface area contributed by atoms with Crippen LogP contribution in [-0.2, 0) is 9.53 Å². The van der Waals surface area contributed by atoms with E-state index in [1.165, 1.54) is 0 Å². The zero-order chi connectivity index (χ0) is 13.2. The van der Waals surface area contributed by atoms with Crippen molar-refractivity contribution in [3.05, 3.63) is 11.6 Å². The first-order valence-electron chi connectivity index (χ1n) is 6.19. The summed E-state index contributed by atoms with van der Waals surface area (Å²) < 4.78 is 5.40. The first-order valence-corrected chi connectivity index (χ1v) is 6.19. The summed E-state index contributed by atoms with van der Waals surface area (Å²) in [5, 5.41) is 0. The maximum atomic E-state index is 12.0. The Morgan fingerprint density at radius 1 is 1.59 bits per heavy atom. The number of esters is 1. The second-order valence-electron chi connectivity index (χ2n) is 5.43. The predicted molar refractivity (Wildman–Crippen MR) is 69.2 cm³/mol. The quantitative estimate of drug-likeness (QED) is 0.424. The van der Waals surface area contributed by atoms with Crippen molar-refractivity contribution in [1.29, 1.82) is 0 Å². The third kappa shape index (κ3) is 2.72. The van der Waals surface area contributed by atoms with Crippen LogP contribution in [-0.4, -0.2) is 12.1 Å². The van der Waals surface area contributed by atoms with Crippen molar-refractivity contribution in [2.75, 3.05) is 0 Å². The maximum Gasteiger partial charge on any atom is 0.311 e. The van der Waals surface area contributed by atoms with Crippen LogP contribution in [0.5, 0.6) is 0 Å². The minimum Gasteiger partial charge on any atom is -0.444 e. The summed E-state index contributed by atoms with van der Waals surface area (Å²) in [5.41, 5.74) is 0.993. The molecule has 0 amide bonds. The molecule has 0 saturated heterocycles. The molecule has 0 spiro atoms. The molecule has 0 radical (unpaired) electrons. The second kappa shape index (κ2) is 4.96. The molecular weight excluding hydrogens is 212 g/mol. The monoisotopic (exact) mass is 234 g/mol. The van der Waals surface area contributed by atoms with Gasteiger partial charge in [0.25, 0.3) is 0 Å². The van der Waals surface area contributed by atoms with Gasteiger partial charge in [0.15, 0.2) is 6.10 Å². The van der Waals surface area contributed by atoms with Crippen LogP contribution in [0.2, 0.25) is 0 Å². The fraction of sp³-hybridized carbons (Fsp3) is 0.667. The molecule has 0 aliphatic heterocycles. The van der Waals surface area contributed by atoms with Crippen molar-refractivity contribution in [3.8, 4) is 12.3 Å². The lowest BCUT2D eigenvalue weighted by molar-refractivity contribution is -0.147. The third-order valence-corrected chi connectivity index (χ3v) is 3.95. The summed E-state index contributed by atoms with van der Waals surface area (Å²) in [6.45, 7) is 10.2. The van der Waals surface area contributed by atoms with Crippen molar-refractivity contribution in [1.82, 2.24) is 0 Å². The fourth-order valence-corrected chi connectivity index (χ4v) is 2.28. The number of ether oxygens (including phenoxy) is 1. The fourth-order valence-electron chi connectivity index (χ4n) is 2.28. The number of hydrogen-bond acceptors (Lipinski definition) is 2. The van der Waals surface area contributed by atoms with Crippen LogP contribution >= 0.6 is 0 Å². The summed E-state index contributed by atoms with van der Waals surface area (Å²) in [6, 6.07) is 0. The molecule has 2 nitrogen and oxygen atoms in total. The lowest BCUT2D eigenvalue weighted by Gasteiger charge is -2.13. The summed E-state index contributed by atoms with van der Waals surface area (Å²) in [6.07, 6.45) is 7.79. The average molecular weight is 234 g/mol. The molecule has 0 aromatic carbocycles. The summed E-state index contributed by atoms with van der Waals surface area (Å²) in [4.78, 5) is 12.0. The molecule has 0 aromatic rings. The van der Waals surface area contributed by atoms with Crippen LogP contribution in [0.3, 0.4) is 0 Å². The van der Waals surface area contributed by atoms with E-state index in [4.69, 9.17) is 11.2 Å². The highest BCUT2D eigenvalue weighted by Crippen LogP contribution is 2.58. The highest BCUT2D eigenvalue weighted by molar-refractivity contribution is 5.78. The first-order chi connectivity index (χ1) is 7.86. The Balaban J connectivity index is 2.63. The van der Waals surface area contributed by atoms with E-state index in [-0.39, 0.29) is 17.3 Å². The Morgan fingerprint density at radius 2 is 2.12 bits per heavy atom. The van der Waals surface area contributed by atoms with Gasteiger partial charge in [0, 0.05) is 0 Å². The molecule has 0 aromatic heterocycles. The van der Waals surface area contributed by atoms with Gasteiger partial charge < -0.3 is 4.74 Å². The van der Waals surface area contributed by atoms with Gasteiger partial charge in [-0.2, -0.15) is 0 Å². The van der Waals surface area contributed by atoms with Gasteiger partial charge in [-0.05, 0) is 30.3 Å². The standard InChI is InChI=1S/C15H22O2/c1-7-9-10(3)12(8-2)17-14(16)13-11(4)15(13,5)6/h2,9,11-13H,7H2,1,3-6H3. The molecule has 17 heavy (non-hydrogen) atoms. The molecule has 0 N–H and O–H groups in total. The van der Waals surface area contributed by atoms with E-state index in [0.29, 0.717) is 5.92 Å². The molecule has 3 unspecified atom stereocenters. The SMILES string of the molecule is C#CC(OC(=O)C1C(C)C1(C)C)C(C)=CCC.